The van der Waals surface area contributed by atoms with E-state index in [4.69, 9.17) is 9.47 Å². The fourth-order valence-corrected chi connectivity index (χ4v) is 9.76. The molecule has 8 aromatic carbocycles. The molecule has 0 heterocycles. The fourth-order valence-electron chi connectivity index (χ4n) is 9.76. The van der Waals surface area contributed by atoms with Crippen molar-refractivity contribution in [2.24, 2.45) is 0 Å². The first-order valence-corrected chi connectivity index (χ1v) is 20.5. The van der Waals surface area contributed by atoms with Crippen LogP contribution in [0.5, 0.6) is 11.5 Å². The van der Waals surface area contributed by atoms with E-state index in [9.17, 15) is 5.26 Å². The number of hydrogen-bond donors (Lipinski definition) is 0. The molecule has 0 unspecified atom stereocenters. The molecule has 6 bridgehead atoms. The van der Waals surface area contributed by atoms with Crippen LogP contribution < -0.4 is 9.47 Å². The van der Waals surface area contributed by atoms with E-state index in [2.05, 4.69) is 147 Å². The molecule has 0 aliphatic heterocycles. The molecule has 0 saturated carbocycles. The zero-order valence-electron chi connectivity index (χ0n) is 33.1. The predicted octanol–water partition coefficient (Wildman–Crippen LogP) is 12.9. The van der Waals surface area contributed by atoms with Crippen LogP contribution in [0.4, 0.5) is 0 Å². The molecule has 10 rings (SSSR count). The van der Waals surface area contributed by atoms with Gasteiger partial charge in [-0.25, -0.2) is 0 Å². The maximum atomic E-state index is 10.4. The largest absolute Gasteiger partial charge is 0.489 e. The van der Waals surface area contributed by atoms with Crippen molar-refractivity contribution in [1.82, 2.24) is 0 Å². The average molecular weight is 762 g/mol. The topological polar surface area (TPSA) is 42.2 Å². The van der Waals surface area contributed by atoms with Gasteiger partial charge in [0.2, 0.25) is 0 Å². The van der Waals surface area contributed by atoms with E-state index in [0.717, 1.165) is 51.4 Å². The second-order valence-electron chi connectivity index (χ2n) is 15.7. The van der Waals surface area contributed by atoms with Gasteiger partial charge in [0.15, 0.2) is 0 Å². The van der Waals surface area contributed by atoms with Crippen molar-refractivity contribution >= 4 is 21.5 Å². The van der Waals surface area contributed by atoms with Gasteiger partial charge in [-0.05, 0) is 95.1 Å². The van der Waals surface area contributed by atoms with Crippen LogP contribution in [0.3, 0.4) is 0 Å². The second-order valence-corrected chi connectivity index (χ2v) is 15.7. The lowest BCUT2D eigenvalue weighted by Gasteiger charge is -2.22. The Hall–Kier alpha value is -7.15. The quantitative estimate of drug-likeness (QED) is 0.114. The van der Waals surface area contributed by atoms with Crippen LogP contribution >= 0.6 is 0 Å². The first kappa shape index (κ1) is 36.2. The van der Waals surface area contributed by atoms with Crippen LogP contribution in [0, 0.1) is 11.3 Å². The monoisotopic (exact) mass is 761 g/mol. The average Bonchev–Trinajstić information content (AvgIpc) is 3.27. The lowest BCUT2D eigenvalue weighted by molar-refractivity contribution is 0.356. The Morgan fingerprint density at radius 2 is 0.881 bits per heavy atom. The summed E-state index contributed by atoms with van der Waals surface area (Å²) in [6, 6.07) is 53.4. The summed E-state index contributed by atoms with van der Waals surface area (Å²) in [6.07, 6.45) is 7.24. The number of hydrogen-bond acceptors (Lipinski definition) is 3. The summed E-state index contributed by atoms with van der Waals surface area (Å²) < 4.78 is 13.2. The molecule has 59 heavy (non-hydrogen) atoms. The Morgan fingerprint density at radius 3 is 1.31 bits per heavy atom. The first-order chi connectivity index (χ1) is 29.1. The summed E-state index contributed by atoms with van der Waals surface area (Å²) in [5, 5.41) is 14.6. The fraction of sp³-hybridized carbons (Fsp3) is 0.125. The van der Waals surface area contributed by atoms with E-state index < -0.39 is 0 Å². The van der Waals surface area contributed by atoms with Gasteiger partial charge in [-0.2, -0.15) is 5.26 Å². The number of rotatable bonds is 8. The SMILES string of the molecule is C=CCOc1c2cccc1Cc1cccc3c1-c1cc(Cc4c5ccccc5c(C#N)c5ccccc45)ccc1-c1c(cccc1Cc1cccc(c1OCC=C)C3)C2. The van der Waals surface area contributed by atoms with Crippen molar-refractivity contribution < 1.29 is 9.47 Å². The zero-order valence-corrected chi connectivity index (χ0v) is 33.1. The first-order valence-electron chi connectivity index (χ1n) is 20.5. The van der Waals surface area contributed by atoms with Gasteiger partial charge in [0, 0.05) is 36.5 Å². The lowest BCUT2D eigenvalue weighted by Crippen LogP contribution is -2.06. The van der Waals surface area contributed by atoms with Crippen molar-refractivity contribution in [3.05, 3.63) is 226 Å². The molecule has 284 valence electrons. The minimum absolute atomic E-state index is 0.439. The summed E-state index contributed by atoms with van der Waals surface area (Å²) in [5.74, 6) is 1.90. The van der Waals surface area contributed by atoms with Crippen LogP contribution in [0.25, 0.3) is 43.8 Å². The lowest BCUT2D eigenvalue weighted by atomic mass is 9.81. The smallest absolute Gasteiger partial charge is 0.126 e. The van der Waals surface area contributed by atoms with Gasteiger partial charge >= 0.3 is 0 Å². The maximum Gasteiger partial charge on any atom is 0.126 e. The third-order valence-corrected chi connectivity index (χ3v) is 12.2. The van der Waals surface area contributed by atoms with Gasteiger partial charge in [0.1, 0.15) is 30.8 Å². The van der Waals surface area contributed by atoms with Gasteiger partial charge in [0.25, 0.3) is 0 Å². The molecule has 0 N–H and O–H groups in total. The van der Waals surface area contributed by atoms with Crippen molar-refractivity contribution in [1.29, 1.82) is 5.26 Å². The number of ether oxygens (including phenoxy) is 2. The number of nitrogens with zero attached hydrogens (tertiary/aromatic N) is 1. The van der Waals surface area contributed by atoms with E-state index >= 15 is 0 Å². The minimum Gasteiger partial charge on any atom is -0.489 e. The van der Waals surface area contributed by atoms with Crippen molar-refractivity contribution in [3.8, 4) is 39.8 Å². The molecular weight excluding hydrogens is 719 g/mol. The zero-order chi connectivity index (χ0) is 39.9. The molecule has 0 radical (unpaired) electrons. The van der Waals surface area contributed by atoms with Crippen LogP contribution in [0.2, 0.25) is 0 Å². The number of benzene rings is 8. The van der Waals surface area contributed by atoms with Gasteiger partial charge in [-0.3, -0.25) is 0 Å². The molecule has 0 atom stereocenters. The molecule has 0 saturated heterocycles. The molecule has 3 heteroatoms. The van der Waals surface area contributed by atoms with Gasteiger partial charge in [-0.1, -0.05) is 165 Å². The van der Waals surface area contributed by atoms with Crippen LogP contribution in [-0.4, -0.2) is 13.2 Å². The highest BCUT2D eigenvalue weighted by Crippen LogP contribution is 2.46. The molecule has 2 aliphatic rings. The summed E-state index contributed by atoms with van der Waals surface area (Å²) in [4.78, 5) is 0. The number of fused-ring (bicyclic) bond motifs is 6. The van der Waals surface area contributed by atoms with E-state index in [1.165, 1.54) is 77.9 Å². The van der Waals surface area contributed by atoms with Gasteiger partial charge in [0.05, 0.1) is 5.56 Å². The summed E-state index contributed by atoms with van der Waals surface area (Å²) in [6.45, 7) is 8.86. The summed E-state index contributed by atoms with van der Waals surface area (Å²) in [5.41, 5.74) is 17.8. The molecule has 0 aromatic heterocycles. The van der Waals surface area contributed by atoms with Crippen LogP contribution in [-0.2, 0) is 32.1 Å². The molecule has 0 amide bonds. The molecule has 0 spiro atoms. The highest BCUT2D eigenvalue weighted by Gasteiger charge is 2.26. The highest BCUT2D eigenvalue weighted by molar-refractivity contribution is 6.08. The Bertz CT molecular complexity index is 2870. The second kappa shape index (κ2) is 15.3. The van der Waals surface area contributed by atoms with Crippen LogP contribution in [0.15, 0.2) is 165 Å². The molecule has 8 aromatic rings. The minimum atomic E-state index is 0.439. The van der Waals surface area contributed by atoms with Crippen molar-refractivity contribution in [2.45, 2.75) is 32.1 Å². The Morgan fingerprint density at radius 1 is 0.475 bits per heavy atom. The normalized spacial score (nSPS) is 12.5. The Balaban J connectivity index is 1.28. The standard InChI is InChI=1S/C56H43NO2/c1-3-27-58-55-41-17-11-19-43(55)33-39-15-10-16-40-34-44-20-12-18-42(56(44)59-28-4-2)32-38-14-9-13-37(31-41)53(38)49-26-25-36(30-51(49)54(39)40)29-50-45-21-5-7-23-47(45)52(35-57)48-24-8-6-22-46(48)50/h3-26,30H,1-2,27-29,31-34H2. The molecule has 3 nitrogen and oxygen atoms in total. The molecule has 0 fully saturated rings. The number of para-hydroxylation sites is 2. The van der Waals surface area contributed by atoms with E-state index in [-0.39, 0.29) is 0 Å². The Labute approximate surface area is 346 Å². The summed E-state index contributed by atoms with van der Waals surface area (Å²) in [7, 11) is 0. The van der Waals surface area contributed by atoms with Crippen LogP contribution in [0.1, 0.15) is 61.2 Å². The van der Waals surface area contributed by atoms with E-state index in [0.29, 0.717) is 32.5 Å². The van der Waals surface area contributed by atoms with Gasteiger partial charge < -0.3 is 9.47 Å². The predicted molar refractivity (Wildman–Crippen MR) is 242 cm³/mol. The van der Waals surface area contributed by atoms with Crippen molar-refractivity contribution in [2.75, 3.05) is 13.2 Å². The van der Waals surface area contributed by atoms with Crippen molar-refractivity contribution in [3.63, 3.8) is 0 Å². The molecular formula is C56H43NO2. The molecule has 2 aliphatic carbocycles. The Kier molecular flexibility index (Phi) is 9.40. The third-order valence-electron chi connectivity index (χ3n) is 12.2. The highest BCUT2D eigenvalue weighted by atomic mass is 16.5. The third kappa shape index (κ3) is 6.39. The maximum absolute atomic E-state index is 10.4. The van der Waals surface area contributed by atoms with Gasteiger partial charge in [-0.15, -0.1) is 0 Å². The van der Waals surface area contributed by atoms with E-state index in [1.54, 1.807) is 0 Å². The number of nitriles is 1. The van der Waals surface area contributed by atoms with E-state index in [1.807, 2.05) is 24.3 Å². The summed E-state index contributed by atoms with van der Waals surface area (Å²) >= 11 is 0.